The van der Waals surface area contributed by atoms with Crippen molar-refractivity contribution in [1.82, 2.24) is 10.1 Å². The fraction of sp³-hybridized carbons (Fsp3) is 0.188. The first kappa shape index (κ1) is 16.7. The molecule has 0 radical (unpaired) electrons. The number of nitrogens with one attached hydrogen (secondary N) is 1. The highest BCUT2D eigenvalue weighted by molar-refractivity contribution is 6.06. The summed E-state index contributed by atoms with van der Waals surface area (Å²) in [5.41, 5.74) is 1.21. The number of anilines is 1. The molecule has 0 unspecified atom stereocenters. The van der Waals surface area contributed by atoms with Gasteiger partial charge in [-0.1, -0.05) is 17.3 Å². The third-order valence-corrected chi connectivity index (χ3v) is 3.30. The molecule has 1 N–H and O–H groups in total. The number of para-hydroxylation sites is 2. The molecule has 2 heterocycles. The number of carbonyl (C=O) groups excluding carboxylic acids is 1. The van der Waals surface area contributed by atoms with Crippen molar-refractivity contribution >= 4 is 22.7 Å². The summed E-state index contributed by atoms with van der Waals surface area (Å²) in [6.45, 7) is 0.253. The van der Waals surface area contributed by atoms with Gasteiger partial charge in [-0.05, 0) is 25.1 Å². The van der Waals surface area contributed by atoms with Gasteiger partial charge < -0.3 is 14.6 Å². The molecule has 25 heavy (non-hydrogen) atoms. The molecule has 0 spiro atoms. The number of nitrogens with zero attached hydrogens (tertiary/aromatic N) is 2. The Labute approximate surface area is 139 Å². The molecule has 0 aliphatic rings. The number of rotatable bonds is 4. The predicted molar refractivity (Wildman–Crippen MR) is 82.5 cm³/mol. The molecule has 130 valence electrons. The van der Waals surface area contributed by atoms with E-state index in [4.69, 9.17) is 9.26 Å². The summed E-state index contributed by atoms with van der Waals surface area (Å²) < 4.78 is 46.7. The zero-order valence-electron chi connectivity index (χ0n) is 12.9. The largest absolute Gasteiger partial charge is 0.482 e. The Morgan fingerprint density at radius 3 is 2.84 bits per heavy atom. The molecule has 0 saturated carbocycles. The van der Waals surface area contributed by atoms with Gasteiger partial charge in [0.15, 0.2) is 6.61 Å². The summed E-state index contributed by atoms with van der Waals surface area (Å²) >= 11 is 0. The molecule has 2 aromatic heterocycles. The van der Waals surface area contributed by atoms with Crippen LogP contribution in [0.4, 0.5) is 18.9 Å². The second kappa shape index (κ2) is 6.42. The van der Waals surface area contributed by atoms with E-state index in [1.165, 1.54) is 24.4 Å². The fourth-order valence-electron chi connectivity index (χ4n) is 2.12. The molecule has 0 aliphatic carbocycles. The van der Waals surface area contributed by atoms with Crippen LogP contribution in [-0.4, -0.2) is 28.8 Å². The number of hydrogen-bond donors (Lipinski definition) is 1. The summed E-state index contributed by atoms with van der Waals surface area (Å²) in [6, 6.07) is 7.41. The molecule has 3 aromatic rings. The van der Waals surface area contributed by atoms with Crippen molar-refractivity contribution in [2.75, 3.05) is 11.9 Å². The average molecular weight is 351 g/mol. The molecule has 1 aromatic carbocycles. The van der Waals surface area contributed by atoms with Crippen LogP contribution in [0.25, 0.3) is 11.1 Å². The van der Waals surface area contributed by atoms with Crippen LogP contribution in [0.5, 0.6) is 5.75 Å². The molecule has 0 fully saturated rings. The van der Waals surface area contributed by atoms with Crippen molar-refractivity contribution in [2.24, 2.45) is 0 Å². The van der Waals surface area contributed by atoms with E-state index in [1.807, 2.05) is 0 Å². The Bertz CT molecular complexity index is 922. The van der Waals surface area contributed by atoms with Gasteiger partial charge in [0.2, 0.25) is 0 Å². The number of carbonyl (C=O) groups is 1. The number of benzene rings is 1. The van der Waals surface area contributed by atoms with Crippen LogP contribution in [0.1, 0.15) is 16.1 Å². The Hall–Kier alpha value is -3.10. The topological polar surface area (TPSA) is 77.2 Å². The van der Waals surface area contributed by atoms with Gasteiger partial charge in [0.05, 0.1) is 22.3 Å². The van der Waals surface area contributed by atoms with Crippen LogP contribution < -0.4 is 10.1 Å². The molecule has 0 bridgehead atoms. The average Bonchev–Trinajstić information content (AvgIpc) is 2.94. The fourth-order valence-corrected chi connectivity index (χ4v) is 2.12. The van der Waals surface area contributed by atoms with Gasteiger partial charge in [0, 0.05) is 6.20 Å². The molecule has 0 aliphatic heterocycles. The first-order valence-corrected chi connectivity index (χ1v) is 7.15. The summed E-state index contributed by atoms with van der Waals surface area (Å²) in [7, 11) is 0. The molecule has 1 amide bonds. The molecule has 9 heteroatoms. The minimum atomic E-state index is -4.47. The highest BCUT2D eigenvalue weighted by Gasteiger charge is 2.29. The quantitative estimate of drug-likeness (QED) is 0.775. The zero-order chi connectivity index (χ0) is 18.0. The van der Waals surface area contributed by atoms with Crippen molar-refractivity contribution in [2.45, 2.75) is 13.1 Å². The summed E-state index contributed by atoms with van der Waals surface area (Å²) in [5, 5.41) is 6.84. The first-order chi connectivity index (χ1) is 11.8. The third kappa shape index (κ3) is 3.87. The number of aryl methyl sites for hydroxylation is 1. The summed E-state index contributed by atoms with van der Waals surface area (Å²) in [4.78, 5) is 16.4. The van der Waals surface area contributed by atoms with Gasteiger partial charge in [-0.15, -0.1) is 0 Å². The van der Waals surface area contributed by atoms with E-state index in [1.54, 1.807) is 19.1 Å². The van der Waals surface area contributed by atoms with Gasteiger partial charge in [-0.3, -0.25) is 4.79 Å². The van der Waals surface area contributed by atoms with Gasteiger partial charge in [0.1, 0.15) is 5.75 Å². The molecule has 0 atom stereocenters. The van der Waals surface area contributed by atoms with Crippen molar-refractivity contribution in [3.05, 3.63) is 47.8 Å². The Morgan fingerprint density at radius 2 is 2.08 bits per heavy atom. The van der Waals surface area contributed by atoms with Crippen molar-refractivity contribution < 1.29 is 27.2 Å². The van der Waals surface area contributed by atoms with Crippen molar-refractivity contribution in [3.63, 3.8) is 0 Å². The number of halogens is 3. The maximum atomic E-state index is 12.4. The number of alkyl halides is 3. The van der Waals surface area contributed by atoms with E-state index in [2.05, 4.69) is 15.5 Å². The standard InChI is InChI=1S/C16H12F3N3O3/c1-9-11-6-10(7-20-15(11)25-22-9)14(23)21-12-4-2-3-5-13(12)24-8-16(17,18)19/h2-7H,8H2,1H3,(H,21,23). The van der Waals surface area contributed by atoms with Crippen LogP contribution >= 0.6 is 0 Å². The Kier molecular flexibility index (Phi) is 4.30. The smallest absolute Gasteiger partial charge is 0.422 e. The number of fused-ring (bicyclic) bond motifs is 1. The monoisotopic (exact) mass is 351 g/mol. The van der Waals surface area contributed by atoms with E-state index in [9.17, 15) is 18.0 Å². The Balaban J connectivity index is 1.81. The van der Waals surface area contributed by atoms with E-state index in [0.29, 0.717) is 16.8 Å². The number of aromatic nitrogens is 2. The predicted octanol–water partition coefficient (Wildman–Crippen LogP) is 3.72. The third-order valence-electron chi connectivity index (χ3n) is 3.30. The number of hydrogen-bond acceptors (Lipinski definition) is 5. The second-order valence-electron chi connectivity index (χ2n) is 5.20. The molecule has 6 nitrogen and oxygen atoms in total. The lowest BCUT2D eigenvalue weighted by Crippen LogP contribution is -2.20. The van der Waals surface area contributed by atoms with Crippen LogP contribution in [0, 0.1) is 6.92 Å². The van der Waals surface area contributed by atoms with Gasteiger partial charge in [0.25, 0.3) is 11.6 Å². The van der Waals surface area contributed by atoms with E-state index < -0.39 is 18.7 Å². The molecule has 0 saturated heterocycles. The SMILES string of the molecule is Cc1noc2ncc(C(=O)Nc3ccccc3OCC(F)(F)F)cc12. The van der Waals surface area contributed by atoms with E-state index in [0.717, 1.165) is 0 Å². The van der Waals surface area contributed by atoms with Gasteiger partial charge in [-0.2, -0.15) is 13.2 Å². The van der Waals surface area contributed by atoms with Gasteiger partial charge in [-0.25, -0.2) is 4.98 Å². The first-order valence-electron chi connectivity index (χ1n) is 7.15. The summed E-state index contributed by atoms with van der Waals surface area (Å²) in [5.74, 6) is -0.624. The van der Waals surface area contributed by atoms with Crippen LogP contribution in [0.15, 0.2) is 41.1 Å². The zero-order valence-corrected chi connectivity index (χ0v) is 12.9. The lowest BCUT2D eigenvalue weighted by atomic mass is 10.2. The van der Waals surface area contributed by atoms with Crippen molar-refractivity contribution in [3.8, 4) is 5.75 Å². The normalized spacial score (nSPS) is 11.5. The van der Waals surface area contributed by atoms with Crippen LogP contribution in [0.2, 0.25) is 0 Å². The number of amides is 1. The van der Waals surface area contributed by atoms with Crippen molar-refractivity contribution in [1.29, 1.82) is 0 Å². The highest BCUT2D eigenvalue weighted by Crippen LogP contribution is 2.27. The maximum absolute atomic E-state index is 12.4. The van der Waals surface area contributed by atoms with Crippen LogP contribution in [0.3, 0.4) is 0 Å². The van der Waals surface area contributed by atoms with Crippen LogP contribution in [-0.2, 0) is 0 Å². The lowest BCUT2D eigenvalue weighted by molar-refractivity contribution is -0.153. The second-order valence-corrected chi connectivity index (χ2v) is 5.20. The minimum Gasteiger partial charge on any atom is -0.482 e. The van der Waals surface area contributed by atoms with Gasteiger partial charge >= 0.3 is 6.18 Å². The number of pyridine rings is 1. The molecule has 3 rings (SSSR count). The highest BCUT2D eigenvalue weighted by atomic mass is 19.4. The maximum Gasteiger partial charge on any atom is 0.422 e. The number of ether oxygens (including phenoxy) is 1. The minimum absolute atomic E-state index is 0.0802. The Morgan fingerprint density at radius 1 is 1.32 bits per heavy atom. The molecular weight excluding hydrogens is 339 g/mol. The van der Waals surface area contributed by atoms with E-state index in [-0.39, 0.29) is 17.0 Å². The summed E-state index contributed by atoms with van der Waals surface area (Å²) in [6.07, 6.45) is -3.18. The van der Waals surface area contributed by atoms with E-state index >= 15 is 0 Å². The lowest BCUT2D eigenvalue weighted by Gasteiger charge is -2.13. The molecular formula is C16H12F3N3O3.